The number of carbonyl (C=O) groups excluding carboxylic acids is 1. The molecule has 2 heterocycles. The molecule has 4 rings (SSSR count). The molecule has 0 bridgehead atoms. The Morgan fingerprint density at radius 2 is 1.75 bits per heavy atom. The van der Waals surface area contributed by atoms with Crippen molar-refractivity contribution in [3.8, 4) is 5.69 Å². The number of piperidine rings is 1. The van der Waals surface area contributed by atoms with Crippen LogP contribution in [0.1, 0.15) is 34.8 Å². The molecule has 2 aromatic carbocycles. The maximum atomic E-state index is 13.1. The number of para-hydroxylation sites is 2. The number of nitrogens with zero attached hydrogens (tertiary/aromatic N) is 2. The predicted octanol–water partition coefficient (Wildman–Crippen LogP) is 4.78. The molecule has 1 aliphatic rings. The lowest BCUT2D eigenvalue weighted by molar-refractivity contribution is 0.102. The number of benzene rings is 2. The molecule has 5 nitrogen and oxygen atoms in total. The number of aromatic nitrogens is 2. The highest BCUT2D eigenvalue weighted by Crippen LogP contribution is 2.31. The zero-order chi connectivity index (χ0) is 18.6. The maximum absolute atomic E-state index is 13.1. The summed E-state index contributed by atoms with van der Waals surface area (Å²) in [6.45, 7) is 1.91. The summed E-state index contributed by atoms with van der Waals surface area (Å²) in [6, 6.07) is 17.6. The van der Waals surface area contributed by atoms with Gasteiger partial charge >= 0.3 is 0 Å². The molecule has 1 amide bonds. The molecule has 1 aromatic heterocycles. The normalized spacial score (nSPS) is 14.3. The van der Waals surface area contributed by atoms with Crippen molar-refractivity contribution < 1.29 is 4.79 Å². The average molecular weight is 462 g/mol. The highest BCUT2D eigenvalue weighted by molar-refractivity contribution is 9.10. The van der Waals surface area contributed by atoms with E-state index in [9.17, 15) is 4.79 Å². The standard InChI is InChI=1S/C21H21BrN4O.ClH/c22-18-8-4-5-9-19(18)25-21(27)17-14-24-26(16-6-2-1-3-7-16)20(17)15-10-12-23-13-11-15;/h1-9,14-15,23H,10-13H2,(H,25,27);1H. The van der Waals surface area contributed by atoms with Gasteiger partial charge in [-0.2, -0.15) is 5.10 Å². The minimum atomic E-state index is -0.127. The topological polar surface area (TPSA) is 59.0 Å². The molecule has 28 heavy (non-hydrogen) atoms. The lowest BCUT2D eigenvalue weighted by atomic mass is 9.91. The van der Waals surface area contributed by atoms with Crippen LogP contribution in [0.2, 0.25) is 0 Å². The molecule has 0 saturated carbocycles. The highest BCUT2D eigenvalue weighted by Gasteiger charge is 2.27. The van der Waals surface area contributed by atoms with Gasteiger partial charge in [-0.25, -0.2) is 4.68 Å². The number of anilines is 1. The van der Waals surface area contributed by atoms with Gasteiger partial charge in [-0.05, 0) is 66.1 Å². The van der Waals surface area contributed by atoms with Crippen molar-refractivity contribution in [3.63, 3.8) is 0 Å². The van der Waals surface area contributed by atoms with E-state index < -0.39 is 0 Å². The van der Waals surface area contributed by atoms with Crippen LogP contribution in [0, 0.1) is 0 Å². The Balaban J connectivity index is 0.00000225. The van der Waals surface area contributed by atoms with Crippen molar-refractivity contribution in [2.24, 2.45) is 0 Å². The molecular formula is C21H22BrClN4O. The fraction of sp³-hybridized carbons (Fsp3) is 0.238. The van der Waals surface area contributed by atoms with Gasteiger partial charge in [0.05, 0.1) is 28.8 Å². The SMILES string of the molecule is Cl.O=C(Nc1ccccc1Br)c1cnn(-c2ccccc2)c1C1CCNCC1. The molecule has 7 heteroatoms. The summed E-state index contributed by atoms with van der Waals surface area (Å²) in [7, 11) is 0. The molecule has 1 fully saturated rings. The van der Waals surface area contributed by atoms with Crippen LogP contribution in [-0.4, -0.2) is 28.8 Å². The van der Waals surface area contributed by atoms with Crippen molar-refractivity contribution in [2.75, 3.05) is 18.4 Å². The van der Waals surface area contributed by atoms with Gasteiger partial charge in [-0.15, -0.1) is 12.4 Å². The van der Waals surface area contributed by atoms with E-state index in [1.54, 1.807) is 6.20 Å². The fourth-order valence-electron chi connectivity index (χ4n) is 3.55. The van der Waals surface area contributed by atoms with Gasteiger partial charge in [0, 0.05) is 10.4 Å². The summed E-state index contributed by atoms with van der Waals surface area (Å²) in [5.41, 5.74) is 3.37. The summed E-state index contributed by atoms with van der Waals surface area (Å²) in [4.78, 5) is 13.1. The third kappa shape index (κ3) is 4.29. The third-order valence-electron chi connectivity index (χ3n) is 4.90. The van der Waals surface area contributed by atoms with Gasteiger partial charge in [-0.1, -0.05) is 30.3 Å². The summed E-state index contributed by atoms with van der Waals surface area (Å²) in [6.07, 6.45) is 3.68. The van der Waals surface area contributed by atoms with Gasteiger partial charge in [0.25, 0.3) is 5.91 Å². The molecule has 1 aliphatic heterocycles. The Morgan fingerprint density at radius 1 is 1.07 bits per heavy atom. The lowest BCUT2D eigenvalue weighted by Gasteiger charge is -2.24. The van der Waals surface area contributed by atoms with Crippen LogP contribution < -0.4 is 10.6 Å². The predicted molar refractivity (Wildman–Crippen MR) is 118 cm³/mol. The number of nitrogens with one attached hydrogen (secondary N) is 2. The van der Waals surface area contributed by atoms with E-state index in [1.807, 2.05) is 59.3 Å². The smallest absolute Gasteiger partial charge is 0.259 e. The summed E-state index contributed by atoms with van der Waals surface area (Å²) in [5, 5.41) is 11.0. The first-order chi connectivity index (χ1) is 13.2. The first kappa shape index (κ1) is 20.6. The average Bonchev–Trinajstić information content (AvgIpc) is 3.16. The third-order valence-corrected chi connectivity index (χ3v) is 5.59. The number of carbonyl (C=O) groups is 1. The van der Waals surface area contributed by atoms with Gasteiger partial charge < -0.3 is 10.6 Å². The molecule has 2 N–H and O–H groups in total. The van der Waals surface area contributed by atoms with Crippen LogP contribution in [0.15, 0.2) is 65.3 Å². The Hall–Kier alpha value is -2.15. The first-order valence-corrected chi connectivity index (χ1v) is 9.93. The van der Waals surface area contributed by atoms with Crippen LogP contribution in [0.5, 0.6) is 0 Å². The van der Waals surface area contributed by atoms with E-state index >= 15 is 0 Å². The zero-order valence-electron chi connectivity index (χ0n) is 15.3. The monoisotopic (exact) mass is 460 g/mol. The van der Waals surface area contributed by atoms with Crippen molar-refractivity contribution in [2.45, 2.75) is 18.8 Å². The lowest BCUT2D eigenvalue weighted by Crippen LogP contribution is -2.29. The Kier molecular flexibility index (Phi) is 6.88. The Labute approximate surface area is 179 Å². The van der Waals surface area contributed by atoms with E-state index in [-0.39, 0.29) is 18.3 Å². The van der Waals surface area contributed by atoms with E-state index in [0.29, 0.717) is 11.5 Å². The molecule has 3 aromatic rings. The summed E-state index contributed by atoms with van der Waals surface area (Å²) in [5.74, 6) is 0.173. The van der Waals surface area contributed by atoms with Gasteiger partial charge in [0.2, 0.25) is 0 Å². The van der Waals surface area contributed by atoms with Crippen LogP contribution in [-0.2, 0) is 0 Å². The number of rotatable bonds is 4. The van der Waals surface area contributed by atoms with Crippen LogP contribution in [0.3, 0.4) is 0 Å². The van der Waals surface area contributed by atoms with Gasteiger partial charge in [0.15, 0.2) is 0 Å². The van der Waals surface area contributed by atoms with E-state index in [1.165, 1.54) is 0 Å². The number of hydrogen-bond acceptors (Lipinski definition) is 3. The van der Waals surface area contributed by atoms with Crippen molar-refractivity contribution >= 4 is 39.9 Å². The molecule has 0 atom stereocenters. The molecule has 0 radical (unpaired) electrons. The second-order valence-electron chi connectivity index (χ2n) is 6.65. The minimum absolute atomic E-state index is 0. The minimum Gasteiger partial charge on any atom is -0.321 e. The quantitative estimate of drug-likeness (QED) is 0.588. The van der Waals surface area contributed by atoms with E-state index in [2.05, 4.69) is 31.7 Å². The molecule has 0 aliphatic carbocycles. The van der Waals surface area contributed by atoms with Crippen LogP contribution >= 0.6 is 28.3 Å². The van der Waals surface area contributed by atoms with Gasteiger partial charge in [-0.3, -0.25) is 4.79 Å². The van der Waals surface area contributed by atoms with Crippen molar-refractivity contribution in [1.82, 2.24) is 15.1 Å². The highest BCUT2D eigenvalue weighted by atomic mass is 79.9. The van der Waals surface area contributed by atoms with E-state index in [0.717, 1.165) is 47.5 Å². The molecule has 1 saturated heterocycles. The maximum Gasteiger partial charge on any atom is 0.259 e. The first-order valence-electron chi connectivity index (χ1n) is 9.14. The zero-order valence-corrected chi connectivity index (χ0v) is 17.7. The number of amides is 1. The molecule has 146 valence electrons. The molecule has 0 unspecified atom stereocenters. The van der Waals surface area contributed by atoms with Crippen LogP contribution in [0.25, 0.3) is 5.69 Å². The summed E-state index contributed by atoms with van der Waals surface area (Å²) >= 11 is 3.49. The van der Waals surface area contributed by atoms with Crippen molar-refractivity contribution in [1.29, 1.82) is 0 Å². The molecule has 0 spiro atoms. The number of hydrogen-bond donors (Lipinski definition) is 2. The second kappa shape index (κ2) is 9.37. The van der Waals surface area contributed by atoms with Gasteiger partial charge in [0.1, 0.15) is 0 Å². The largest absolute Gasteiger partial charge is 0.321 e. The van der Waals surface area contributed by atoms with E-state index in [4.69, 9.17) is 0 Å². The van der Waals surface area contributed by atoms with Crippen LogP contribution in [0.4, 0.5) is 5.69 Å². The Morgan fingerprint density at radius 3 is 2.46 bits per heavy atom. The number of halogens is 2. The second-order valence-corrected chi connectivity index (χ2v) is 7.50. The summed E-state index contributed by atoms with van der Waals surface area (Å²) < 4.78 is 2.78. The molecular weight excluding hydrogens is 440 g/mol. The Bertz CT molecular complexity index is 939. The fourth-order valence-corrected chi connectivity index (χ4v) is 3.93. The van der Waals surface area contributed by atoms with Crippen molar-refractivity contribution in [3.05, 3.63) is 76.5 Å².